The van der Waals surface area contributed by atoms with E-state index in [-0.39, 0.29) is 0 Å². The van der Waals surface area contributed by atoms with E-state index < -0.39 is 0 Å². The SMILES string of the molecule is Nc1ccc(C2=CCCC2)cc1Cl. The van der Waals surface area contributed by atoms with Crippen LogP contribution in [0.25, 0.3) is 5.57 Å². The molecule has 0 bridgehead atoms. The Balaban J connectivity index is 2.36. The average Bonchev–Trinajstić information content (AvgIpc) is 2.62. The highest BCUT2D eigenvalue weighted by Gasteiger charge is 2.07. The molecule has 1 nitrogen and oxygen atoms in total. The maximum Gasteiger partial charge on any atom is 0.0641 e. The predicted molar refractivity (Wildman–Crippen MR) is 57.7 cm³/mol. The molecule has 2 rings (SSSR count). The third-order valence-electron chi connectivity index (χ3n) is 2.41. The minimum Gasteiger partial charge on any atom is -0.398 e. The van der Waals surface area contributed by atoms with Crippen LogP contribution in [0.4, 0.5) is 5.69 Å². The monoisotopic (exact) mass is 193 g/mol. The summed E-state index contributed by atoms with van der Waals surface area (Å²) in [6, 6.07) is 5.86. The lowest BCUT2D eigenvalue weighted by atomic mass is 10.1. The molecule has 1 aromatic rings. The first-order chi connectivity index (χ1) is 6.27. The van der Waals surface area contributed by atoms with Crippen LogP contribution < -0.4 is 5.73 Å². The van der Waals surface area contributed by atoms with Gasteiger partial charge in [-0.25, -0.2) is 0 Å². The molecule has 0 atom stereocenters. The molecule has 0 aromatic heterocycles. The standard InChI is InChI=1S/C11H12ClN/c12-10-7-9(5-6-11(10)13)8-3-1-2-4-8/h3,5-7H,1-2,4,13H2. The first kappa shape index (κ1) is 8.64. The Kier molecular flexibility index (Phi) is 2.28. The average molecular weight is 194 g/mol. The van der Waals surface area contributed by atoms with Gasteiger partial charge < -0.3 is 5.73 Å². The minimum absolute atomic E-state index is 0.656. The fraction of sp³-hybridized carbons (Fsp3) is 0.273. The molecular formula is C11H12ClN. The summed E-state index contributed by atoms with van der Waals surface area (Å²) >= 11 is 5.94. The smallest absolute Gasteiger partial charge is 0.0641 e. The Labute approximate surface area is 83.2 Å². The molecule has 2 N–H and O–H groups in total. The highest BCUT2D eigenvalue weighted by molar-refractivity contribution is 6.33. The molecular weight excluding hydrogens is 182 g/mol. The van der Waals surface area contributed by atoms with Gasteiger partial charge in [-0.05, 0) is 42.5 Å². The molecule has 0 fully saturated rings. The molecule has 0 saturated heterocycles. The second-order valence-corrected chi connectivity index (χ2v) is 3.77. The zero-order valence-electron chi connectivity index (χ0n) is 7.39. The zero-order chi connectivity index (χ0) is 9.26. The van der Waals surface area contributed by atoms with Crippen molar-refractivity contribution in [2.45, 2.75) is 19.3 Å². The Morgan fingerprint density at radius 1 is 1.31 bits per heavy atom. The van der Waals surface area contributed by atoms with E-state index in [2.05, 4.69) is 6.08 Å². The molecule has 0 heterocycles. The van der Waals surface area contributed by atoms with Crippen molar-refractivity contribution >= 4 is 22.9 Å². The normalized spacial score (nSPS) is 15.9. The number of allylic oxidation sites excluding steroid dienone is 2. The summed E-state index contributed by atoms with van der Waals surface area (Å²) in [6.45, 7) is 0. The number of benzene rings is 1. The summed E-state index contributed by atoms with van der Waals surface area (Å²) in [7, 11) is 0. The number of halogens is 1. The summed E-state index contributed by atoms with van der Waals surface area (Å²) in [5.74, 6) is 0. The molecule has 13 heavy (non-hydrogen) atoms. The molecule has 1 aliphatic rings. The molecule has 1 aliphatic carbocycles. The third kappa shape index (κ3) is 1.70. The lowest BCUT2D eigenvalue weighted by Crippen LogP contribution is -1.88. The summed E-state index contributed by atoms with van der Waals surface area (Å²) < 4.78 is 0. The van der Waals surface area contributed by atoms with E-state index in [9.17, 15) is 0 Å². The van der Waals surface area contributed by atoms with Crippen LogP contribution in [0.2, 0.25) is 5.02 Å². The maximum atomic E-state index is 5.94. The Bertz CT molecular complexity index is 355. The molecule has 0 aliphatic heterocycles. The maximum absolute atomic E-state index is 5.94. The van der Waals surface area contributed by atoms with Crippen molar-refractivity contribution in [3.63, 3.8) is 0 Å². The van der Waals surface area contributed by atoms with Crippen LogP contribution in [0.5, 0.6) is 0 Å². The van der Waals surface area contributed by atoms with Crippen LogP contribution in [0, 0.1) is 0 Å². The van der Waals surface area contributed by atoms with Gasteiger partial charge in [0.1, 0.15) is 0 Å². The van der Waals surface area contributed by atoms with Crippen molar-refractivity contribution in [1.29, 1.82) is 0 Å². The molecule has 0 unspecified atom stereocenters. The van der Waals surface area contributed by atoms with Gasteiger partial charge >= 0.3 is 0 Å². The number of nitrogens with two attached hydrogens (primary N) is 1. The molecule has 0 radical (unpaired) electrons. The Morgan fingerprint density at radius 3 is 2.77 bits per heavy atom. The van der Waals surface area contributed by atoms with Gasteiger partial charge in [0.05, 0.1) is 10.7 Å². The lowest BCUT2D eigenvalue weighted by molar-refractivity contribution is 0.935. The largest absolute Gasteiger partial charge is 0.398 e. The first-order valence-corrected chi connectivity index (χ1v) is 4.89. The predicted octanol–water partition coefficient (Wildman–Crippen LogP) is 3.49. The number of anilines is 1. The molecule has 0 saturated carbocycles. The minimum atomic E-state index is 0.656. The van der Waals surface area contributed by atoms with Gasteiger partial charge in [0.2, 0.25) is 0 Å². The number of hydrogen-bond donors (Lipinski definition) is 1. The molecule has 68 valence electrons. The van der Waals surface area contributed by atoms with Crippen LogP contribution >= 0.6 is 11.6 Å². The lowest BCUT2D eigenvalue weighted by Gasteiger charge is -2.04. The van der Waals surface area contributed by atoms with Crippen LogP contribution in [0.15, 0.2) is 24.3 Å². The van der Waals surface area contributed by atoms with Gasteiger partial charge in [-0.3, -0.25) is 0 Å². The molecule has 0 spiro atoms. The highest BCUT2D eigenvalue weighted by Crippen LogP contribution is 2.30. The first-order valence-electron chi connectivity index (χ1n) is 4.52. The van der Waals surface area contributed by atoms with Gasteiger partial charge in [0, 0.05) is 0 Å². The van der Waals surface area contributed by atoms with Crippen molar-refractivity contribution in [3.05, 3.63) is 34.9 Å². The summed E-state index contributed by atoms with van der Waals surface area (Å²) in [6.07, 6.45) is 5.90. The van der Waals surface area contributed by atoms with Crippen molar-refractivity contribution in [1.82, 2.24) is 0 Å². The van der Waals surface area contributed by atoms with Gasteiger partial charge in [-0.15, -0.1) is 0 Å². The van der Waals surface area contributed by atoms with E-state index in [4.69, 9.17) is 17.3 Å². The highest BCUT2D eigenvalue weighted by atomic mass is 35.5. The Hall–Kier alpha value is -0.950. The van der Waals surface area contributed by atoms with Crippen LogP contribution in [0.3, 0.4) is 0 Å². The topological polar surface area (TPSA) is 26.0 Å². The van der Waals surface area contributed by atoms with Crippen molar-refractivity contribution in [2.75, 3.05) is 5.73 Å². The number of nitrogen functional groups attached to an aromatic ring is 1. The van der Waals surface area contributed by atoms with E-state index in [0.717, 1.165) is 0 Å². The van der Waals surface area contributed by atoms with E-state index in [1.807, 2.05) is 18.2 Å². The van der Waals surface area contributed by atoms with Crippen LogP contribution in [-0.2, 0) is 0 Å². The van der Waals surface area contributed by atoms with E-state index in [1.54, 1.807) is 0 Å². The number of hydrogen-bond acceptors (Lipinski definition) is 1. The van der Waals surface area contributed by atoms with E-state index in [0.29, 0.717) is 10.7 Å². The van der Waals surface area contributed by atoms with E-state index in [1.165, 1.54) is 30.4 Å². The summed E-state index contributed by atoms with van der Waals surface area (Å²) in [4.78, 5) is 0. The fourth-order valence-electron chi connectivity index (χ4n) is 1.66. The van der Waals surface area contributed by atoms with Crippen molar-refractivity contribution < 1.29 is 0 Å². The summed E-state index contributed by atoms with van der Waals surface area (Å²) in [5, 5.41) is 0.658. The van der Waals surface area contributed by atoms with Crippen molar-refractivity contribution in [3.8, 4) is 0 Å². The van der Waals surface area contributed by atoms with Gasteiger partial charge in [0.15, 0.2) is 0 Å². The Morgan fingerprint density at radius 2 is 2.15 bits per heavy atom. The zero-order valence-corrected chi connectivity index (χ0v) is 8.14. The summed E-state index contributed by atoms with van der Waals surface area (Å²) in [5.41, 5.74) is 8.92. The third-order valence-corrected chi connectivity index (χ3v) is 2.74. The quantitative estimate of drug-likeness (QED) is 0.679. The molecule has 1 aromatic carbocycles. The fourth-order valence-corrected chi connectivity index (χ4v) is 1.84. The second-order valence-electron chi connectivity index (χ2n) is 3.36. The van der Waals surface area contributed by atoms with Gasteiger partial charge in [-0.1, -0.05) is 23.7 Å². The van der Waals surface area contributed by atoms with Crippen molar-refractivity contribution in [2.24, 2.45) is 0 Å². The second kappa shape index (κ2) is 3.43. The molecule has 0 amide bonds. The van der Waals surface area contributed by atoms with Gasteiger partial charge in [0.25, 0.3) is 0 Å². The molecule has 2 heteroatoms. The van der Waals surface area contributed by atoms with Crippen LogP contribution in [-0.4, -0.2) is 0 Å². The number of rotatable bonds is 1. The van der Waals surface area contributed by atoms with Crippen LogP contribution in [0.1, 0.15) is 24.8 Å². The van der Waals surface area contributed by atoms with E-state index >= 15 is 0 Å². The van der Waals surface area contributed by atoms with Gasteiger partial charge in [-0.2, -0.15) is 0 Å².